The molecule has 0 saturated heterocycles. The van der Waals surface area contributed by atoms with Crippen molar-refractivity contribution < 1.29 is 14.7 Å². The van der Waals surface area contributed by atoms with E-state index in [4.69, 9.17) is 5.11 Å². The number of rotatable bonds is 4. The Hall–Kier alpha value is -2.04. The Labute approximate surface area is 124 Å². The van der Waals surface area contributed by atoms with Crippen LogP contribution in [0.15, 0.2) is 18.2 Å². The molecule has 0 atom stereocenters. The number of amides is 2. The molecule has 0 aliphatic heterocycles. The van der Waals surface area contributed by atoms with Crippen LogP contribution in [0, 0.1) is 13.8 Å². The summed E-state index contributed by atoms with van der Waals surface area (Å²) in [6.45, 7) is 3.94. The number of urea groups is 1. The molecule has 1 aromatic rings. The standard InChI is InChI=1S/C16H22N2O3/c1-11-7-12(2)9-13(8-11)17-15(21)18-16(10-14(19)20)5-3-4-6-16/h7-9H,3-6,10H2,1-2H3,(H,19,20)(H2,17,18,21). The van der Waals surface area contributed by atoms with Crippen molar-refractivity contribution in [2.75, 3.05) is 5.32 Å². The Kier molecular flexibility index (Phi) is 4.50. The highest BCUT2D eigenvalue weighted by Crippen LogP contribution is 2.32. The highest BCUT2D eigenvalue weighted by Gasteiger charge is 2.37. The van der Waals surface area contributed by atoms with Gasteiger partial charge in [0, 0.05) is 5.69 Å². The van der Waals surface area contributed by atoms with Gasteiger partial charge in [0.2, 0.25) is 0 Å². The molecule has 2 rings (SSSR count). The quantitative estimate of drug-likeness (QED) is 0.796. The van der Waals surface area contributed by atoms with E-state index in [0.717, 1.165) is 42.5 Å². The molecule has 0 bridgehead atoms. The zero-order valence-electron chi connectivity index (χ0n) is 12.5. The second-order valence-corrected chi connectivity index (χ2v) is 6.01. The van der Waals surface area contributed by atoms with E-state index in [0.29, 0.717) is 0 Å². The van der Waals surface area contributed by atoms with Crippen LogP contribution in [0.3, 0.4) is 0 Å². The second kappa shape index (κ2) is 6.16. The van der Waals surface area contributed by atoms with E-state index in [9.17, 15) is 9.59 Å². The lowest BCUT2D eigenvalue weighted by molar-refractivity contribution is -0.138. The molecule has 0 unspecified atom stereocenters. The van der Waals surface area contributed by atoms with Crippen LogP contribution in [-0.4, -0.2) is 22.6 Å². The summed E-state index contributed by atoms with van der Waals surface area (Å²) >= 11 is 0. The van der Waals surface area contributed by atoms with E-state index in [1.807, 2.05) is 32.0 Å². The molecule has 21 heavy (non-hydrogen) atoms. The van der Waals surface area contributed by atoms with Crippen LogP contribution in [0.25, 0.3) is 0 Å². The molecular weight excluding hydrogens is 268 g/mol. The molecule has 3 N–H and O–H groups in total. The zero-order chi connectivity index (χ0) is 15.5. The predicted molar refractivity (Wildman–Crippen MR) is 81.5 cm³/mol. The summed E-state index contributed by atoms with van der Waals surface area (Å²) in [6, 6.07) is 5.49. The van der Waals surface area contributed by atoms with Crippen molar-refractivity contribution in [1.82, 2.24) is 5.32 Å². The maximum Gasteiger partial charge on any atom is 0.319 e. The smallest absolute Gasteiger partial charge is 0.319 e. The van der Waals surface area contributed by atoms with Crippen molar-refractivity contribution in [1.29, 1.82) is 0 Å². The molecule has 0 aromatic heterocycles. The number of anilines is 1. The van der Waals surface area contributed by atoms with Crippen molar-refractivity contribution in [3.63, 3.8) is 0 Å². The molecule has 1 aliphatic carbocycles. The van der Waals surface area contributed by atoms with Gasteiger partial charge in [0.25, 0.3) is 0 Å². The van der Waals surface area contributed by atoms with Crippen LogP contribution in [0.4, 0.5) is 10.5 Å². The fourth-order valence-electron chi connectivity index (χ4n) is 3.14. The number of aliphatic carboxylic acids is 1. The first-order chi connectivity index (χ1) is 9.88. The largest absolute Gasteiger partial charge is 0.481 e. The summed E-state index contributed by atoms with van der Waals surface area (Å²) in [5.41, 5.74) is 2.28. The molecule has 0 spiro atoms. The van der Waals surface area contributed by atoms with Gasteiger partial charge < -0.3 is 15.7 Å². The summed E-state index contributed by atoms with van der Waals surface area (Å²) in [5, 5.41) is 14.7. The molecule has 2 amide bonds. The minimum atomic E-state index is -0.872. The number of benzene rings is 1. The highest BCUT2D eigenvalue weighted by atomic mass is 16.4. The Bertz CT molecular complexity index is 528. The van der Waals surface area contributed by atoms with E-state index in [1.54, 1.807) is 0 Å². The molecule has 5 nitrogen and oxygen atoms in total. The second-order valence-electron chi connectivity index (χ2n) is 6.01. The number of carbonyl (C=O) groups is 2. The van der Waals surface area contributed by atoms with Gasteiger partial charge in [0.15, 0.2) is 0 Å². The summed E-state index contributed by atoms with van der Waals surface area (Å²) in [6.07, 6.45) is 3.33. The Morgan fingerprint density at radius 1 is 1.14 bits per heavy atom. The van der Waals surface area contributed by atoms with Crippen molar-refractivity contribution in [2.24, 2.45) is 0 Å². The average molecular weight is 290 g/mol. The Balaban J connectivity index is 2.04. The minimum absolute atomic E-state index is 0.0206. The van der Waals surface area contributed by atoms with Gasteiger partial charge in [-0.15, -0.1) is 0 Å². The first-order valence-corrected chi connectivity index (χ1v) is 7.28. The fraction of sp³-hybridized carbons (Fsp3) is 0.500. The third kappa shape index (κ3) is 4.21. The topological polar surface area (TPSA) is 78.4 Å². The number of nitrogens with one attached hydrogen (secondary N) is 2. The molecule has 1 saturated carbocycles. The van der Waals surface area contributed by atoms with Crippen LogP contribution in [0.1, 0.15) is 43.2 Å². The van der Waals surface area contributed by atoms with Gasteiger partial charge in [0.1, 0.15) is 0 Å². The number of hydrogen-bond donors (Lipinski definition) is 3. The monoisotopic (exact) mass is 290 g/mol. The van der Waals surface area contributed by atoms with Gasteiger partial charge in [-0.1, -0.05) is 18.9 Å². The maximum absolute atomic E-state index is 12.2. The lowest BCUT2D eigenvalue weighted by atomic mass is 9.93. The van der Waals surface area contributed by atoms with E-state index < -0.39 is 11.5 Å². The lowest BCUT2D eigenvalue weighted by Gasteiger charge is -2.28. The fourth-order valence-corrected chi connectivity index (χ4v) is 3.14. The molecular formula is C16H22N2O3. The summed E-state index contributed by atoms with van der Waals surface area (Å²) in [7, 11) is 0. The SMILES string of the molecule is Cc1cc(C)cc(NC(=O)NC2(CC(=O)O)CCCC2)c1. The van der Waals surface area contributed by atoms with Gasteiger partial charge in [-0.25, -0.2) is 4.79 Å². The van der Waals surface area contributed by atoms with Crippen molar-refractivity contribution >= 4 is 17.7 Å². The number of carboxylic acid groups (broad SMARTS) is 1. The maximum atomic E-state index is 12.2. The van der Waals surface area contributed by atoms with Crippen molar-refractivity contribution in [3.8, 4) is 0 Å². The average Bonchev–Trinajstić information content (AvgIpc) is 2.74. The highest BCUT2D eigenvalue weighted by molar-refractivity contribution is 5.90. The van der Waals surface area contributed by atoms with Crippen molar-refractivity contribution in [2.45, 2.75) is 51.5 Å². The van der Waals surface area contributed by atoms with E-state index >= 15 is 0 Å². The van der Waals surface area contributed by atoms with Crippen LogP contribution in [0.2, 0.25) is 0 Å². The Morgan fingerprint density at radius 2 is 1.71 bits per heavy atom. The third-order valence-corrected chi connectivity index (χ3v) is 3.91. The summed E-state index contributed by atoms with van der Waals surface area (Å²) in [4.78, 5) is 23.2. The van der Waals surface area contributed by atoms with Gasteiger partial charge in [-0.2, -0.15) is 0 Å². The van der Waals surface area contributed by atoms with Crippen LogP contribution in [0.5, 0.6) is 0 Å². The first-order valence-electron chi connectivity index (χ1n) is 7.28. The molecule has 0 heterocycles. The number of aryl methyl sites for hydroxylation is 2. The van der Waals surface area contributed by atoms with Crippen molar-refractivity contribution in [3.05, 3.63) is 29.3 Å². The number of carboxylic acids is 1. The molecule has 1 fully saturated rings. The third-order valence-electron chi connectivity index (χ3n) is 3.91. The summed E-state index contributed by atoms with van der Waals surface area (Å²) in [5.74, 6) is -0.872. The molecule has 1 aliphatic rings. The van der Waals surface area contributed by atoms with Gasteiger partial charge in [0.05, 0.1) is 12.0 Å². The van der Waals surface area contributed by atoms with E-state index in [2.05, 4.69) is 10.6 Å². The molecule has 0 radical (unpaired) electrons. The van der Waals surface area contributed by atoms with Gasteiger partial charge in [-0.05, 0) is 49.9 Å². The Morgan fingerprint density at radius 3 is 2.24 bits per heavy atom. The van der Waals surface area contributed by atoms with E-state index in [1.165, 1.54) is 0 Å². The van der Waals surface area contributed by atoms with Gasteiger partial charge in [-0.3, -0.25) is 4.79 Å². The minimum Gasteiger partial charge on any atom is -0.481 e. The summed E-state index contributed by atoms with van der Waals surface area (Å²) < 4.78 is 0. The molecule has 5 heteroatoms. The number of carbonyl (C=O) groups excluding carboxylic acids is 1. The number of hydrogen-bond acceptors (Lipinski definition) is 2. The molecule has 114 valence electrons. The molecule has 1 aromatic carbocycles. The van der Waals surface area contributed by atoms with Crippen LogP contribution in [-0.2, 0) is 4.79 Å². The van der Waals surface area contributed by atoms with Crippen LogP contribution < -0.4 is 10.6 Å². The lowest BCUT2D eigenvalue weighted by Crippen LogP contribution is -2.49. The normalized spacial score (nSPS) is 16.5. The predicted octanol–water partition coefficient (Wildman–Crippen LogP) is 3.21. The van der Waals surface area contributed by atoms with Crippen LogP contribution >= 0.6 is 0 Å². The first kappa shape index (κ1) is 15.4. The van der Waals surface area contributed by atoms with Gasteiger partial charge >= 0.3 is 12.0 Å². The van der Waals surface area contributed by atoms with E-state index in [-0.39, 0.29) is 12.5 Å². The zero-order valence-corrected chi connectivity index (χ0v) is 12.5.